The minimum atomic E-state index is -1.01. The Morgan fingerprint density at radius 3 is 2.44 bits per heavy atom. The van der Waals surface area contributed by atoms with Crippen LogP contribution in [0.1, 0.15) is 22.3 Å². The summed E-state index contributed by atoms with van der Waals surface area (Å²) in [5.41, 5.74) is 2.73. The van der Waals surface area contributed by atoms with Crippen LogP contribution in [0.4, 0.5) is 16.2 Å². The van der Waals surface area contributed by atoms with Crippen molar-refractivity contribution in [3.05, 3.63) is 104 Å². The normalized spacial score (nSPS) is 14.7. The van der Waals surface area contributed by atoms with Crippen LogP contribution in [0, 0.1) is 24.0 Å². The molecule has 0 atom stereocenters. The Labute approximate surface area is 211 Å². The van der Waals surface area contributed by atoms with Crippen molar-refractivity contribution < 1.29 is 24.0 Å². The second-order valence-electron chi connectivity index (χ2n) is 8.20. The van der Waals surface area contributed by atoms with E-state index in [0.29, 0.717) is 21.2 Å². The number of carbonyl (C=O) groups is 3. The fourth-order valence-electron chi connectivity index (χ4n) is 3.87. The minimum Gasteiger partial charge on any atom is -0.488 e. The first-order valence-corrected chi connectivity index (χ1v) is 11.2. The smallest absolute Gasteiger partial charge is 0.335 e. The van der Waals surface area contributed by atoms with Gasteiger partial charge in [-0.3, -0.25) is 25.0 Å². The molecule has 4 amide bonds. The average Bonchev–Trinajstić information content (AvgIpc) is 2.80. The number of amides is 4. The standard InChI is InChI=1S/C26H20ClN3O6/c1-15-8-16(2)10-17(9-15)14-36-23-7-6-19(27)11-18(23)12-22-24(31)28-26(33)29(25(22)32)20-4-3-5-21(13-20)30(34)35/h3-13H,14H2,1-2H3,(H,28,31,33)/b22-12+. The van der Waals surface area contributed by atoms with Crippen molar-refractivity contribution in [1.82, 2.24) is 5.32 Å². The maximum Gasteiger partial charge on any atom is 0.335 e. The number of nitrogens with one attached hydrogen (secondary N) is 1. The molecule has 1 heterocycles. The van der Waals surface area contributed by atoms with Gasteiger partial charge >= 0.3 is 6.03 Å². The van der Waals surface area contributed by atoms with Crippen LogP contribution in [0.15, 0.2) is 66.2 Å². The number of halogens is 1. The number of urea groups is 1. The number of non-ortho nitro benzene ring substituents is 1. The highest BCUT2D eigenvalue weighted by molar-refractivity contribution is 6.39. The largest absolute Gasteiger partial charge is 0.488 e. The van der Waals surface area contributed by atoms with Gasteiger partial charge in [-0.2, -0.15) is 0 Å². The van der Waals surface area contributed by atoms with Crippen LogP contribution in [-0.2, 0) is 16.2 Å². The van der Waals surface area contributed by atoms with E-state index in [0.717, 1.165) is 22.8 Å². The molecule has 3 aromatic rings. The summed E-state index contributed by atoms with van der Waals surface area (Å²) in [6.07, 6.45) is 1.27. The van der Waals surface area contributed by atoms with Gasteiger partial charge in [0.25, 0.3) is 17.5 Å². The Morgan fingerprint density at radius 1 is 1.03 bits per heavy atom. The zero-order valence-electron chi connectivity index (χ0n) is 19.3. The van der Waals surface area contributed by atoms with Crippen LogP contribution in [0.25, 0.3) is 6.08 Å². The molecule has 1 saturated heterocycles. The summed E-state index contributed by atoms with van der Waals surface area (Å²) in [5.74, 6) is -1.48. The molecule has 0 aromatic heterocycles. The lowest BCUT2D eigenvalue weighted by Crippen LogP contribution is -2.54. The summed E-state index contributed by atoms with van der Waals surface area (Å²) >= 11 is 6.16. The van der Waals surface area contributed by atoms with Gasteiger partial charge in [0.05, 0.1) is 10.6 Å². The molecule has 1 aliphatic rings. The fraction of sp³-hybridized carbons (Fsp3) is 0.115. The van der Waals surface area contributed by atoms with Crippen LogP contribution < -0.4 is 15.0 Å². The molecule has 1 N–H and O–H groups in total. The van der Waals surface area contributed by atoms with Crippen LogP contribution >= 0.6 is 11.6 Å². The van der Waals surface area contributed by atoms with Gasteiger partial charge < -0.3 is 4.74 Å². The van der Waals surface area contributed by atoms with E-state index in [2.05, 4.69) is 5.32 Å². The highest BCUT2D eigenvalue weighted by Gasteiger charge is 2.37. The van der Waals surface area contributed by atoms with Crippen LogP contribution in [-0.4, -0.2) is 22.8 Å². The second kappa shape index (κ2) is 10.0. The van der Waals surface area contributed by atoms with E-state index < -0.39 is 22.8 Å². The number of barbiturate groups is 1. The third kappa shape index (κ3) is 5.26. The number of hydrogen-bond donors (Lipinski definition) is 1. The van der Waals surface area contributed by atoms with Crippen LogP contribution in [0.5, 0.6) is 5.75 Å². The van der Waals surface area contributed by atoms with Gasteiger partial charge in [0, 0.05) is 22.7 Å². The molecule has 0 radical (unpaired) electrons. The van der Waals surface area contributed by atoms with E-state index in [1.54, 1.807) is 12.1 Å². The number of anilines is 1. The van der Waals surface area contributed by atoms with Gasteiger partial charge in [-0.15, -0.1) is 0 Å². The zero-order valence-corrected chi connectivity index (χ0v) is 20.0. The number of imide groups is 2. The van der Waals surface area contributed by atoms with Gasteiger partial charge in [0.2, 0.25) is 0 Å². The molecular formula is C26H20ClN3O6. The minimum absolute atomic E-state index is 0.0533. The second-order valence-corrected chi connectivity index (χ2v) is 8.64. The number of rotatable bonds is 6. The number of nitro benzene ring substituents is 1. The van der Waals surface area contributed by atoms with Crippen molar-refractivity contribution >= 4 is 46.9 Å². The molecule has 3 aromatic carbocycles. The first-order valence-electron chi connectivity index (χ1n) is 10.8. The molecule has 9 nitrogen and oxygen atoms in total. The van der Waals surface area contributed by atoms with Crippen LogP contribution in [0.2, 0.25) is 5.02 Å². The molecule has 0 aliphatic carbocycles. The predicted octanol–water partition coefficient (Wildman–Crippen LogP) is 5.11. The molecule has 182 valence electrons. The SMILES string of the molecule is Cc1cc(C)cc(COc2ccc(Cl)cc2/C=C2\C(=O)NC(=O)N(c3cccc([N+](=O)[O-])c3)C2=O)c1. The number of hydrogen-bond acceptors (Lipinski definition) is 6. The van der Waals surface area contributed by atoms with E-state index in [9.17, 15) is 24.5 Å². The molecule has 0 bridgehead atoms. The molecule has 0 saturated carbocycles. The number of nitrogens with zero attached hydrogens (tertiary/aromatic N) is 2. The molecule has 1 aliphatic heterocycles. The Balaban J connectivity index is 1.68. The van der Waals surface area contributed by atoms with Crippen molar-refractivity contribution in [2.24, 2.45) is 0 Å². The molecule has 1 fully saturated rings. The third-order valence-electron chi connectivity index (χ3n) is 5.35. The van der Waals surface area contributed by atoms with Gasteiger partial charge in [0.1, 0.15) is 17.9 Å². The fourth-order valence-corrected chi connectivity index (χ4v) is 4.05. The highest BCUT2D eigenvalue weighted by Crippen LogP contribution is 2.29. The van der Waals surface area contributed by atoms with E-state index in [1.807, 2.05) is 32.0 Å². The van der Waals surface area contributed by atoms with Gasteiger partial charge in [0.15, 0.2) is 0 Å². The number of aryl methyl sites for hydroxylation is 2. The van der Waals surface area contributed by atoms with Gasteiger partial charge in [-0.25, -0.2) is 9.69 Å². The first-order chi connectivity index (χ1) is 17.1. The van der Waals surface area contributed by atoms with Gasteiger partial charge in [-0.05, 0) is 49.8 Å². The van der Waals surface area contributed by atoms with E-state index in [1.165, 1.54) is 30.3 Å². The topological polar surface area (TPSA) is 119 Å². The summed E-state index contributed by atoms with van der Waals surface area (Å²) in [5, 5.41) is 13.6. The Kier molecular flexibility index (Phi) is 6.84. The number of carbonyl (C=O) groups excluding carboxylic acids is 3. The van der Waals surface area contributed by atoms with Crippen LogP contribution in [0.3, 0.4) is 0 Å². The van der Waals surface area contributed by atoms with E-state index in [-0.39, 0.29) is 23.6 Å². The predicted molar refractivity (Wildman–Crippen MR) is 134 cm³/mol. The Morgan fingerprint density at radius 2 is 1.75 bits per heavy atom. The monoisotopic (exact) mass is 505 g/mol. The Hall–Kier alpha value is -4.50. The number of nitro groups is 1. The van der Waals surface area contributed by atoms with E-state index >= 15 is 0 Å². The van der Waals surface area contributed by atoms with Crippen molar-refractivity contribution in [2.45, 2.75) is 20.5 Å². The lowest BCUT2D eigenvalue weighted by molar-refractivity contribution is -0.384. The summed E-state index contributed by atoms with van der Waals surface area (Å²) in [7, 11) is 0. The maximum absolute atomic E-state index is 13.2. The Bertz CT molecular complexity index is 1430. The zero-order chi connectivity index (χ0) is 26.0. The number of ether oxygens (including phenoxy) is 1. The molecule has 0 unspecified atom stereocenters. The lowest BCUT2D eigenvalue weighted by Gasteiger charge is -2.26. The molecule has 4 rings (SSSR count). The lowest BCUT2D eigenvalue weighted by atomic mass is 10.1. The third-order valence-corrected chi connectivity index (χ3v) is 5.58. The number of benzene rings is 3. The van der Waals surface area contributed by atoms with Crippen molar-refractivity contribution in [1.29, 1.82) is 0 Å². The molecule has 10 heteroatoms. The average molecular weight is 506 g/mol. The van der Waals surface area contributed by atoms with E-state index in [4.69, 9.17) is 16.3 Å². The molecule has 36 heavy (non-hydrogen) atoms. The first kappa shape index (κ1) is 24.6. The molecule has 0 spiro atoms. The quantitative estimate of drug-likeness (QED) is 0.215. The molecular weight excluding hydrogens is 486 g/mol. The van der Waals surface area contributed by atoms with Crippen molar-refractivity contribution in [2.75, 3.05) is 4.90 Å². The van der Waals surface area contributed by atoms with Crippen molar-refractivity contribution in [3.8, 4) is 5.75 Å². The summed E-state index contributed by atoms with van der Waals surface area (Å²) in [4.78, 5) is 49.4. The van der Waals surface area contributed by atoms with Crippen molar-refractivity contribution in [3.63, 3.8) is 0 Å². The maximum atomic E-state index is 13.2. The summed E-state index contributed by atoms with van der Waals surface area (Å²) in [6.45, 7) is 4.20. The summed E-state index contributed by atoms with van der Waals surface area (Å²) < 4.78 is 5.97. The highest BCUT2D eigenvalue weighted by atomic mass is 35.5. The summed E-state index contributed by atoms with van der Waals surface area (Å²) in [6, 6.07) is 14.8. The van der Waals surface area contributed by atoms with Gasteiger partial charge in [-0.1, -0.05) is 47.0 Å².